The van der Waals surface area contributed by atoms with E-state index in [-0.39, 0.29) is 42.2 Å². The lowest BCUT2D eigenvalue weighted by Crippen LogP contribution is -2.30. The minimum absolute atomic E-state index is 0. The minimum Gasteiger partial charge on any atom is -0.481 e. The summed E-state index contributed by atoms with van der Waals surface area (Å²) in [6.45, 7) is 2.78. The van der Waals surface area contributed by atoms with Crippen molar-refractivity contribution in [3.05, 3.63) is 69.2 Å². The second kappa shape index (κ2) is 12.8. The first-order valence-electron chi connectivity index (χ1n) is 11.1. The number of rotatable bonds is 9. The largest absolute Gasteiger partial charge is 0.481 e. The number of hydrogen-bond donors (Lipinski definition) is 2. The van der Waals surface area contributed by atoms with Gasteiger partial charge >= 0.3 is 11.9 Å². The molecule has 0 saturated carbocycles. The Morgan fingerprint density at radius 2 is 1.58 bits per heavy atom. The van der Waals surface area contributed by atoms with Crippen molar-refractivity contribution in [3.8, 4) is 0 Å². The maximum absolute atomic E-state index is 11.3. The van der Waals surface area contributed by atoms with Gasteiger partial charge in [-0.25, -0.2) is 0 Å². The lowest BCUT2D eigenvalue weighted by Gasteiger charge is -2.25. The van der Waals surface area contributed by atoms with Crippen molar-refractivity contribution >= 4 is 94.0 Å². The maximum Gasteiger partial charge on any atom is 0.305 e. The first kappa shape index (κ1) is 29.0. The molecule has 0 spiro atoms. The van der Waals surface area contributed by atoms with E-state index in [1.165, 1.54) is 0 Å². The average Bonchev–Trinajstić information content (AvgIpc) is 3.31. The zero-order valence-electron chi connectivity index (χ0n) is 19.3. The molecule has 0 fully saturated rings. The van der Waals surface area contributed by atoms with Crippen LogP contribution in [0.2, 0.25) is 10.0 Å². The summed E-state index contributed by atoms with van der Waals surface area (Å²) in [6.07, 6.45) is 5.03. The summed E-state index contributed by atoms with van der Waals surface area (Å²) in [5.74, 6) is -1.71. The molecule has 6 nitrogen and oxygen atoms in total. The van der Waals surface area contributed by atoms with Gasteiger partial charge in [-0.05, 0) is 60.5 Å². The molecule has 2 heterocycles. The van der Waals surface area contributed by atoms with E-state index in [1.54, 1.807) is 23.5 Å². The molecule has 192 valence electrons. The zero-order valence-corrected chi connectivity index (χ0v) is 24.8. The molecule has 1 atom stereocenters. The van der Waals surface area contributed by atoms with Crippen LogP contribution in [0.4, 0.5) is 11.4 Å². The number of benzene rings is 2. The normalized spacial score (nSPS) is 17.7. The van der Waals surface area contributed by atoms with E-state index < -0.39 is 11.9 Å². The molecule has 0 amide bonds. The van der Waals surface area contributed by atoms with Crippen molar-refractivity contribution in [2.75, 3.05) is 22.9 Å². The SMILES string of the molecule is CCC(/C=C1\Sc2ccc(Cl)cc2N1CCC(=O)O)=C\C1Sc2ccc(Cl)cc2N1CCC(=O)O.I. The molecule has 0 bridgehead atoms. The molecule has 11 heteroatoms. The summed E-state index contributed by atoms with van der Waals surface area (Å²) in [6, 6.07) is 11.3. The molecule has 1 unspecified atom stereocenters. The number of hydrogen-bond acceptors (Lipinski definition) is 6. The molecule has 4 rings (SSSR count). The third-order valence-electron chi connectivity index (χ3n) is 5.67. The fraction of sp³-hybridized carbons (Fsp3) is 0.280. The number of nitrogens with zero attached hydrogens (tertiary/aromatic N) is 2. The van der Waals surface area contributed by atoms with Gasteiger partial charge in [-0.1, -0.05) is 53.6 Å². The van der Waals surface area contributed by atoms with E-state index in [0.717, 1.165) is 38.2 Å². The van der Waals surface area contributed by atoms with Gasteiger partial charge < -0.3 is 20.0 Å². The molecule has 0 radical (unpaired) electrons. The van der Waals surface area contributed by atoms with Crippen LogP contribution in [-0.2, 0) is 9.59 Å². The Hall–Kier alpha value is -1.53. The number of allylic oxidation sites excluding steroid dienone is 2. The fourth-order valence-corrected chi connectivity index (χ4v) is 6.73. The number of aliphatic carboxylic acids is 2. The molecule has 2 aliphatic heterocycles. The van der Waals surface area contributed by atoms with Crippen molar-refractivity contribution in [1.29, 1.82) is 0 Å². The van der Waals surface area contributed by atoms with E-state index in [1.807, 2.05) is 41.3 Å². The van der Waals surface area contributed by atoms with E-state index >= 15 is 0 Å². The number of thioether (sulfide) groups is 2. The van der Waals surface area contributed by atoms with Gasteiger partial charge in [-0.15, -0.1) is 24.0 Å². The molecule has 0 saturated heterocycles. The van der Waals surface area contributed by atoms with Crippen LogP contribution in [0.25, 0.3) is 0 Å². The van der Waals surface area contributed by atoms with Crippen LogP contribution in [0.1, 0.15) is 26.2 Å². The number of halogens is 3. The van der Waals surface area contributed by atoms with E-state index in [2.05, 4.69) is 24.0 Å². The lowest BCUT2D eigenvalue weighted by molar-refractivity contribution is -0.137. The van der Waals surface area contributed by atoms with Crippen molar-refractivity contribution in [3.63, 3.8) is 0 Å². The molecular weight excluding hydrogens is 654 g/mol. The highest BCUT2D eigenvalue weighted by Crippen LogP contribution is 2.48. The van der Waals surface area contributed by atoms with Gasteiger partial charge in [0.25, 0.3) is 0 Å². The van der Waals surface area contributed by atoms with E-state index in [4.69, 9.17) is 23.2 Å². The third-order valence-corrected chi connectivity index (χ3v) is 8.48. The number of carboxylic acid groups (broad SMARTS) is 2. The molecular formula is C25H25Cl2IN2O4S2. The van der Waals surface area contributed by atoms with Crippen molar-refractivity contribution in [2.45, 2.75) is 41.4 Å². The highest BCUT2D eigenvalue weighted by molar-refractivity contribution is 14.0. The van der Waals surface area contributed by atoms with Crippen molar-refractivity contribution in [1.82, 2.24) is 0 Å². The quantitative estimate of drug-likeness (QED) is 0.263. The van der Waals surface area contributed by atoms with Gasteiger partial charge in [-0.3, -0.25) is 9.59 Å². The van der Waals surface area contributed by atoms with E-state index in [0.29, 0.717) is 23.1 Å². The lowest BCUT2D eigenvalue weighted by atomic mass is 10.1. The van der Waals surface area contributed by atoms with Crippen LogP contribution < -0.4 is 9.80 Å². The Balaban J connectivity index is 0.00000361. The van der Waals surface area contributed by atoms with Gasteiger partial charge in [0.2, 0.25) is 0 Å². The number of fused-ring (bicyclic) bond motifs is 2. The Labute approximate surface area is 245 Å². The summed E-state index contributed by atoms with van der Waals surface area (Å²) in [4.78, 5) is 28.7. The Bertz CT molecular complexity index is 1220. The first-order valence-corrected chi connectivity index (χ1v) is 13.5. The standard InChI is InChI=1S/C25H24Cl2N2O4S2.HI/c1-2-15(11-22-28(9-7-24(30)31)18-13-16(26)3-5-20(18)34-22)12-23-29(10-8-25(32)33)19-14-17(27)4-6-21(19)35-23;/h3-6,11-14,22H,2,7-10H2,1H3,(H,30,31)(H,32,33);1H/b15-11+,23-12-;. The summed E-state index contributed by atoms with van der Waals surface area (Å²) >= 11 is 15.7. The zero-order chi connectivity index (χ0) is 25.1. The molecule has 0 aliphatic carbocycles. The topological polar surface area (TPSA) is 81.1 Å². The van der Waals surface area contributed by atoms with Gasteiger partial charge in [0.05, 0.1) is 34.6 Å². The van der Waals surface area contributed by atoms with Crippen molar-refractivity contribution < 1.29 is 19.8 Å². The molecule has 2 aromatic rings. The van der Waals surface area contributed by atoms with Gasteiger partial charge in [-0.2, -0.15) is 0 Å². The maximum atomic E-state index is 11.3. The van der Waals surface area contributed by atoms with Gasteiger partial charge in [0, 0.05) is 32.9 Å². The highest BCUT2D eigenvalue weighted by Gasteiger charge is 2.30. The Kier molecular flexibility index (Phi) is 10.3. The molecule has 2 N–H and O–H groups in total. The van der Waals surface area contributed by atoms with Crippen LogP contribution >= 0.6 is 70.7 Å². The van der Waals surface area contributed by atoms with E-state index in [9.17, 15) is 19.8 Å². The Morgan fingerprint density at radius 1 is 0.972 bits per heavy atom. The predicted molar refractivity (Wildman–Crippen MR) is 159 cm³/mol. The van der Waals surface area contributed by atoms with Crippen LogP contribution in [0.5, 0.6) is 0 Å². The van der Waals surface area contributed by atoms with Crippen LogP contribution in [0.3, 0.4) is 0 Å². The molecule has 2 aromatic carbocycles. The summed E-state index contributed by atoms with van der Waals surface area (Å²) in [5.41, 5.74) is 2.92. The van der Waals surface area contributed by atoms with Gasteiger partial charge in [0.15, 0.2) is 0 Å². The first-order chi connectivity index (χ1) is 16.7. The second-order valence-corrected chi connectivity index (χ2v) is 11.1. The van der Waals surface area contributed by atoms with Crippen LogP contribution in [-0.4, -0.2) is 40.6 Å². The summed E-state index contributed by atoms with van der Waals surface area (Å²) in [7, 11) is 0. The van der Waals surface area contributed by atoms with Gasteiger partial charge in [0.1, 0.15) is 0 Å². The van der Waals surface area contributed by atoms with Crippen LogP contribution in [0, 0.1) is 0 Å². The smallest absolute Gasteiger partial charge is 0.305 e. The Morgan fingerprint density at radius 3 is 2.22 bits per heavy atom. The number of carbonyl (C=O) groups is 2. The third kappa shape index (κ3) is 6.86. The highest BCUT2D eigenvalue weighted by atomic mass is 127. The average molecular weight is 679 g/mol. The number of carboxylic acids is 2. The molecule has 0 aromatic heterocycles. The summed E-state index contributed by atoms with van der Waals surface area (Å²) in [5, 5.41) is 20.6. The fourth-order valence-electron chi connectivity index (χ4n) is 3.96. The van der Waals surface area contributed by atoms with Crippen molar-refractivity contribution in [2.24, 2.45) is 0 Å². The minimum atomic E-state index is -0.857. The predicted octanol–water partition coefficient (Wildman–Crippen LogP) is 7.59. The second-order valence-electron chi connectivity index (χ2n) is 8.04. The summed E-state index contributed by atoms with van der Waals surface area (Å²) < 4.78 is 0. The monoisotopic (exact) mass is 678 g/mol. The molecule has 2 aliphatic rings. The molecule has 36 heavy (non-hydrogen) atoms. The number of anilines is 2. The van der Waals surface area contributed by atoms with Crippen LogP contribution in [0.15, 0.2) is 68.9 Å².